The van der Waals surface area contributed by atoms with Crippen LogP contribution >= 0.6 is 0 Å². The second-order valence-electron chi connectivity index (χ2n) is 8.24. The van der Waals surface area contributed by atoms with E-state index < -0.39 is 15.8 Å². The minimum atomic E-state index is -3.98. The Morgan fingerprint density at radius 3 is 2.65 bits per heavy atom. The average Bonchev–Trinajstić information content (AvgIpc) is 3.56. The lowest BCUT2D eigenvalue weighted by Gasteiger charge is -2.10. The zero-order chi connectivity index (χ0) is 26.3. The van der Waals surface area contributed by atoms with E-state index >= 15 is 0 Å². The average molecular weight is 521 g/mol. The van der Waals surface area contributed by atoms with Crippen LogP contribution in [0, 0.1) is 17.7 Å². The number of sulfonamides is 1. The molecular weight excluding hydrogens is 495 g/mol. The number of aromatic nitrogens is 4. The molecular formula is C26H25FN6O3S. The van der Waals surface area contributed by atoms with Crippen LogP contribution in [0.2, 0.25) is 0 Å². The molecule has 2 aromatic carbocycles. The molecule has 190 valence electrons. The van der Waals surface area contributed by atoms with Crippen molar-refractivity contribution < 1.29 is 17.6 Å². The lowest BCUT2D eigenvalue weighted by Crippen LogP contribution is -2.26. The fourth-order valence-electron chi connectivity index (χ4n) is 3.49. The fourth-order valence-corrected chi connectivity index (χ4v) is 4.63. The van der Waals surface area contributed by atoms with E-state index in [0.717, 1.165) is 12.0 Å². The summed E-state index contributed by atoms with van der Waals surface area (Å²) in [6.45, 7) is 0.430. The molecule has 37 heavy (non-hydrogen) atoms. The van der Waals surface area contributed by atoms with Gasteiger partial charge in [-0.15, -0.1) is 0 Å². The zero-order valence-electron chi connectivity index (χ0n) is 20.0. The molecule has 3 N–H and O–H groups in total. The smallest absolute Gasteiger partial charge is 0.251 e. The van der Waals surface area contributed by atoms with Gasteiger partial charge in [0.2, 0.25) is 10.0 Å². The van der Waals surface area contributed by atoms with Crippen molar-refractivity contribution in [2.45, 2.75) is 24.3 Å². The maximum atomic E-state index is 13.3. The normalized spacial score (nSPS) is 11.1. The number of H-pyrrole nitrogens is 1. The van der Waals surface area contributed by atoms with Crippen molar-refractivity contribution in [1.29, 1.82) is 0 Å². The van der Waals surface area contributed by atoms with Crippen molar-refractivity contribution in [1.82, 2.24) is 30.0 Å². The highest BCUT2D eigenvalue weighted by atomic mass is 32.2. The summed E-state index contributed by atoms with van der Waals surface area (Å²) in [6.07, 6.45) is 6.71. The number of nitrogens with one attached hydrogen (secondary N) is 3. The van der Waals surface area contributed by atoms with Crippen LogP contribution in [0.15, 0.2) is 72.0 Å². The van der Waals surface area contributed by atoms with Crippen LogP contribution in [0.5, 0.6) is 0 Å². The highest BCUT2D eigenvalue weighted by Gasteiger charge is 2.20. The van der Waals surface area contributed by atoms with E-state index in [1.165, 1.54) is 42.5 Å². The zero-order valence-corrected chi connectivity index (χ0v) is 20.8. The number of carbonyl (C=O) groups excluding carboxylic acids is 1. The summed E-state index contributed by atoms with van der Waals surface area (Å²) in [6, 6.07) is 11.5. The fraction of sp³-hybridized carbons (Fsp3) is 0.192. The molecule has 0 aliphatic rings. The molecule has 0 fully saturated rings. The molecule has 4 rings (SSSR count). The Morgan fingerprint density at radius 1 is 1.14 bits per heavy atom. The Kier molecular flexibility index (Phi) is 8.12. The van der Waals surface area contributed by atoms with E-state index in [-0.39, 0.29) is 28.5 Å². The molecule has 4 aromatic rings. The van der Waals surface area contributed by atoms with Gasteiger partial charge >= 0.3 is 0 Å². The van der Waals surface area contributed by atoms with E-state index in [9.17, 15) is 17.6 Å². The van der Waals surface area contributed by atoms with Crippen LogP contribution in [0.25, 0.3) is 0 Å². The van der Waals surface area contributed by atoms with Crippen molar-refractivity contribution in [3.8, 4) is 11.8 Å². The maximum Gasteiger partial charge on any atom is 0.251 e. The first kappa shape index (κ1) is 25.8. The topological polar surface area (TPSA) is 122 Å². The number of benzene rings is 2. The molecule has 0 aliphatic carbocycles. The maximum absolute atomic E-state index is 13.3. The van der Waals surface area contributed by atoms with E-state index in [2.05, 4.69) is 37.2 Å². The van der Waals surface area contributed by atoms with Gasteiger partial charge in [-0.3, -0.25) is 14.6 Å². The van der Waals surface area contributed by atoms with Gasteiger partial charge in [0.1, 0.15) is 5.82 Å². The Balaban J connectivity index is 1.55. The number of nitrogens with zero attached hydrogens (tertiary/aromatic N) is 3. The van der Waals surface area contributed by atoms with Gasteiger partial charge in [0, 0.05) is 42.7 Å². The quantitative estimate of drug-likeness (QED) is 0.231. The summed E-state index contributed by atoms with van der Waals surface area (Å²) in [5.41, 5.74) is 2.51. The Labute approximate surface area is 214 Å². The number of aryl methyl sites for hydroxylation is 2. The Morgan fingerprint density at radius 2 is 1.95 bits per heavy atom. The molecule has 0 atom stereocenters. The van der Waals surface area contributed by atoms with Gasteiger partial charge in [-0.05, 0) is 66.9 Å². The van der Waals surface area contributed by atoms with Gasteiger partial charge in [-0.2, -0.15) is 10.2 Å². The van der Waals surface area contributed by atoms with Gasteiger partial charge in [-0.1, -0.05) is 11.8 Å². The summed E-state index contributed by atoms with van der Waals surface area (Å²) in [7, 11) is -2.24. The third kappa shape index (κ3) is 7.13. The van der Waals surface area contributed by atoms with Gasteiger partial charge in [0.15, 0.2) is 0 Å². The van der Waals surface area contributed by atoms with Crippen LogP contribution in [0.4, 0.5) is 4.39 Å². The van der Waals surface area contributed by atoms with Gasteiger partial charge in [0.25, 0.3) is 5.91 Å². The number of hydrogen-bond acceptors (Lipinski definition) is 5. The highest BCUT2D eigenvalue weighted by Crippen LogP contribution is 2.18. The first-order chi connectivity index (χ1) is 17.8. The lowest BCUT2D eigenvalue weighted by atomic mass is 10.1. The number of halogens is 1. The third-order valence-corrected chi connectivity index (χ3v) is 6.87. The molecule has 0 radical (unpaired) electrons. The van der Waals surface area contributed by atoms with E-state index in [1.807, 2.05) is 0 Å². The largest absolute Gasteiger partial charge is 0.352 e. The minimum Gasteiger partial charge on any atom is -0.352 e. The molecule has 9 nitrogen and oxygen atoms in total. The summed E-state index contributed by atoms with van der Waals surface area (Å²) in [4.78, 5) is 12.7. The van der Waals surface area contributed by atoms with Gasteiger partial charge < -0.3 is 5.32 Å². The third-order valence-electron chi connectivity index (χ3n) is 5.41. The monoisotopic (exact) mass is 520 g/mol. The predicted octanol–water partition coefficient (Wildman–Crippen LogP) is 2.52. The molecule has 2 aromatic heterocycles. The van der Waals surface area contributed by atoms with Gasteiger partial charge in [0.05, 0.1) is 23.3 Å². The molecule has 0 saturated heterocycles. The molecule has 0 bridgehead atoms. The number of carbonyl (C=O) groups is 1. The first-order valence-corrected chi connectivity index (χ1v) is 12.9. The molecule has 0 aliphatic heterocycles. The van der Waals surface area contributed by atoms with Crippen LogP contribution in [-0.2, 0) is 30.0 Å². The minimum absolute atomic E-state index is 0.00704. The summed E-state index contributed by atoms with van der Waals surface area (Å²) < 4.78 is 43.6. The second-order valence-corrected chi connectivity index (χ2v) is 9.97. The molecule has 0 unspecified atom stereocenters. The number of amides is 1. The molecule has 0 saturated carbocycles. The van der Waals surface area contributed by atoms with Crippen molar-refractivity contribution in [3.63, 3.8) is 0 Å². The molecule has 11 heteroatoms. The van der Waals surface area contributed by atoms with Crippen molar-refractivity contribution in [2.24, 2.45) is 7.05 Å². The van der Waals surface area contributed by atoms with Crippen LogP contribution in [-0.4, -0.2) is 40.8 Å². The van der Waals surface area contributed by atoms with Crippen molar-refractivity contribution >= 4 is 15.9 Å². The summed E-state index contributed by atoms with van der Waals surface area (Å²) in [5.74, 6) is 4.93. The van der Waals surface area contributed by atoms with Crippen molar-refractivity contribution in [3.05, 3.63) is 101 Å². The molecule has 2 heterocycles. The van der Waals surface area contributed by atoms with Crippen LogP contribution in [0.1, 0.15) is 39.2 Å². The van der Waals surface area contributed by atoms with Crippen LogP contribution < -0.4 is 10.0 Å². The van der Waals surface area contributed by atoms with Crippen molar-refractivity contribution in [2.75, 3.05) is 6.54 Å². The van der Waals surface area contributed by atoms with E-state index in [0.29, 0.717) is 24.2 Å². The SMILES string of the molecule is Cn1ccc(CNS(=O)(=O)c2ccc(C(=O)NCCCc3cn[nH]c3)cc2C#Cc2ccc(F)cc2)n1. The molecule has 1 amide bonds. The Hall–Kier alpha value is -4.27. The standard InChI is InChI=1S/C26H25FN6O3S/c1-33-14-12-24(32-33)18-31-37(35,36)25-11-8-22(26(34)28-13-2-3-20-16-29-30-17-20)15-21(25)7-4-19-5-9-23(27)10-6-19/h5-6,8-12,14-17,31H,2-3,13,18H2,1H3,(H,28,34)(H,29,30). The summed E-state index contributed by atoms with van der Waals surface area (Å²) in [5, 5.41) is 13.7. The highest BCUT2D eigenvalue weighted by molar-refractivity contribution is 7.89. The number of rotatable bonds is 9. The van der Waals surface area contributed by atoms with Gasteiger partial charge in [-0.25, -0.2) is 17.5 Å². The van der Waals surface area contributed by atoms with Crippen LogP contribution in [0.3, 0.4) is 0 Å². The number of aromatic amines is 1. The lowest BCUT2D eigenvalue weighted by molar-refractivity contribution is 0.0953. The predicted molar refractivity (Wildman–Crippen MR) is 135 cm³/mol. The Bertz CT molecular complexity index is 1540. The van der Waals surface area contributed by atoms with E-state index in [4.69, 9.17) is 0 Å². The molecule has 0 spiro atoms. The number of hydrogen-bond donors (Lipinski definition) is 3. The van der Waals surface area contributed by atoms with E-state index in [1.54, 1.807) is 36.4 Å². The summed E-state index contributed by atoms with van der Waals surface area (Å²) >= 11 is 0. The first-order valence-electron chi connectivity index (χ1n) is 11.5. The second kappa shape index (κ2) is 11.6.